The Labute approximate surface area is 85.5 Å². The van der Waals surface area contributed by atoms with Crippen molar-refractivity contribution in [3.8, 4) is 0 Å². The monoisotopic (exact) mass is 218 g/mol. The summed E-state index contributed by atoms with van der Waals surface area (Å²) in [7, 11) is 0. The van der Waals surface area contributed by atoms with Crippen molar-refractivity contribution in [3.63, 3.8) is 0 Å². The van der Waals surface area contributed by atoms with Crippen LogP contribution in [0.25, 0.3) is 0 Å². The lowest BCUT2D eigenvalue weighted by atomic mass is 10.3. The van der Waals surface area contributed by atoms with Crippen LogP contribution in [0.15, 0.2) is 18.3 Å². The van der Waals surface area contributed by atoms with Crippen molar-refractivity contribution in [1.29, 1.82) is 0 Å². The third kappa shape index (κ3) is 3.32. The number of aromatic nitrogens is 1. The molecule has 0 aliphatic heterocycles. The number of amides is 1. The number of aliphatic hydroxyl groups excluding tert-OH is 1. The molecule has 2 N–H and O–H groups in total. The first kappa shape index (κ1) is 11.6. The van der Waals surface area contributed by atoms with Crippen molar-refractivity contribution in [2.45, 2.75) is 6.43 Å². The summed E-state index contributed by atoms with van der Waals surface area (Å²) in [6.07, 6.45) is -1.07. The second-order valence-corrected chi connectivity index (χ2v) is 2.95. The molecular weight excluding hydrogens is 206 g/mol. The van der Waals surface area contributed by atoms with Crippen molar-refractivity contribution < 1.29 is 18.7 Å². The summed E-state index contributed by atoms with van der Waals surface area (Å²) >= 11 is 0. The van der Waals surface area contributed by atoms with E-state index < -0.39 is 18.9 Å². The largest absolute Gasteiger partial charge is 0.395 e. The number of hydrogen-bond acceptors (Lipinski definition) is 2. The zero-order valence-corrected chi connectivity index (χ0v) is 7.99. The molecule has 0 aliphatic carbocycles. The third-order valence-corrected chi connectivity index (χ3v) is 1.84. The van der Waals surface area contributed by atoms with E-state index in [4.69, 9.17) is 5.11 Å². The topological polar surface area (TPSA) is 56.3 Å². The molecule has 1 rings (SSSR count). The summed E-state index contributed by atoms with van der Waals surface area (Å²) in [5.74, 6) is -0.533. The molecule has 15 heavy (non-hydrogen) atoms. The summed E-state index contributed by atoms with van der Waals surface area (Å²) in [6, 6.07) is 3.10. The summed E-state index contributed by atoms with van der Waals surface area (Å²) in [6.45, 7) is -1.10. The predicted octanol–water partition coefficient (Wildman–Crippen LogP) is 0.714. The van der Waals surface area contributed by atoms with Gasteiger partial charge in [0, 0.05) is 12.7 Å². The van der Waals surface area contributed by atoms with Crippen LogP contribution in [-0.2, 0) is 0 Å². The van der Waals surface area contributed by atoms with Gasteiger partial charge in [-0.15, -0.1) is 0 Å². The lowest BCUT2D eigenvalue weighted by Crippen LogP contribution is -2.37. The smallest absolute Gasteiger partial charge is 0.270 e. The highest BCUT2D eigenvalue weighted by Crippen LogP contribution is 2.05. The Balaban J connectivity index is 2.67. The molecule has 4 nitrogen and oxygen atoms in total. The van der Waals surface area contributed by atoms with E-state index in [0.29, 0.717) is 0 Å². The van der Waals surface area contributed by atoms with Crippen LogP contribution in [0.2, 0.25) is 0 Å². The van der Waals surface area contributed by atoms with E-state index in [1.54, 1.807) is 6.07 Å². The first-order valence-electron chi connectivity index (χ1n) is 4.47. The van der Waals surface area contributed by atoms with E-state index in [0.717, 1.165) is 4.90 Å². The minimum absolute atomic E-state index is 0.0950. The van der Waals surface area contributed by atoms with E-state index in [2.05, 4.69) is 4.98 Å². The molecule has 1 amide bonds. The van der Waals surface area contributed by atoms with Crippen LogP contribution in [0.5, 0.6) is 0 Å². The molecule has 1 heterocycles. The summed E-state index contributed by atoms with van der Waals surface area (Å²) < 4.78 is 24.2. The van der Waals surface area contributed by atoms with Crippen molar-refractivity contribution in [3.05, 3.63) is 24.0 Å². The van der Waals surface area contributed by atoms with Gasteiger partial charge in [0.25, 0.3) is 12.3 Å². The van der Waals surface area contributed by atoms with Gasteiger partial charge in [-0.1, -0.05) is 0 Å². The Morgan fingerprint density at radius 3 is 2.80 bits per heavy atom. The second kappa shape index (κ2) is 5.45. The van der Waals surface area contributed by atoms with E-state index in [-0.39, 0.29) is 18.8 Å². The quantitative estimate of drug-likeness (QED) is 0.764. The minimum Gasteiger partial charge on any atom is -0.395 e. The van der Waals surface area contributed by atoms with Gasteiger partial charge in [0.1, 0.15) is 5.69 Å². The number of rotatable bonds is 5. The fraction of sp³-hybridized carbons (Fsp3) is 0.444. The average molecular weight is 218 g/mol. The summed E-state index contributed by atoms with van der Waals surface area (Å²) in [4.78, 5) is 15.1. The molecule has 0 radical (unpaired) electrons. The van der Waals surface area contributed by atoms with Gasteiger partial charge in [-0.25, -0.2) is 8.78 Å². The van der Waals surface area contributed by atoms with Crippen molar-refractivity contribution in [2.75, 3.05) is 19.7 Å². The number of aromatic amines is 1. The Kier molecular flexibility index (Phi) is 4.23. The Bertz CT molecular complexity index is 301. The van der Waals surface area contributed by atoms with E-state index in [1.165, 1.54) is 12.3 Å². The number of hydrogen-bond donors (Lipinski definition) is 2. The van der Waals surface area contributed by atoms with Crippen LogP contribution in [0, 0.1) is 0 Å². The fourth-order valence-electron chi connectivity index (χ4n) is 1.20. The lowest BCUT2D eigenvalue weighted by Gasteiger charge is -2.20. The molecule has 0 bridgehead atoms. The number of aliphatic hydroxyl groups is 1. The summed E-state index contributed by atoms with van der Waals surface area (Å²) in [5.41, 5.74) is 0.240. The van der Waals surface area contributed by atoms with Crippen LogP contribution < -0.4 is 0 Å². The molecule has 0 unspecified atom stereocenters. The van der Waals surface area contributed by atoms with E-state index in [1.807, 2.05) is 0 Å². The second-order valence-electron chi connectivity index (χ2n) is 2.95. The molecule has 84 valence electrons. The maximum atomic E-state index is 12.1. The van der Waals surface area contributed by atoms with Crippen LogP contribution in [0.1, 0.15) is 10.5 Å². The zero-order valence-electron chi connectivity index (χ0n) is 7.99. The standard InChI is InChI=1S/C9H12F2N2O2/c10-8(11)6-13(4-5-14)9(15)7-2-1-3-12-7/h1-3,8,12,14H,4-6H2. The molecule has 0 fully saturated rings. The molecule has 6 heteroatoms. The van der Waals surface area contributed by atoms with Gasteiger partial charge in [-0.3, -0.25) is 4.79 Å². The van der Waals surface area contributed by atoms with Crippen molar-refractivity contribution >= 4 is 5.91 Å². The Hall–Kier alpha value is -1.43. The molecule has 0 aliphatic rings. The zero-order chi connectivity index (χ0) is 11.3. The Morgan fingerprint density at radius 1 is 1.60 bits per heavy atom. The first-order valence-corrected chi connectivity index (χ1v) is 4.47. The molecule has 0 aromatic carbocycles. The maximum absolute atomic E-state index is 12.1. The fourth-order valence-corrected chi connectivity index (χ4v) is 1.20. The number of nitrogens with one attached hydrogen (secondary N) is 1. The van der Waals surface area contributed by atoms with Gasteiger partial charge in [-0.05, 0) is 12.1 Å². The molecule has 0 saturated heterocycles. The molecular formula is C9H12F2N2O2. The number of halogens is 2. The van der Waals surface area contributed by atoms with Gasteiger partial charge in [0.15, 0.2) is 0 Å². The number of carbonyl (C=O) groups is 1. The number of H-pyrrole nitrogens is 1. The predicted molar refractivity (Wildman–Crippen MR) is 49.8 cm³/mol. The van der Waals surface area contributed by atoms with Gasteiger partial charge < -0.3 is 15.0 Å². The number of alkyl halides is 2. The summed E-state index contributed by atoms with van der Waals surface area (Å²) in [5, 5.41) is 8.65. The van der Waals surface area contributed by atoms with Gasteiger partial charge in [-0.2, -0.15) is 0 Å². The molecule has 1 aromatic rings. The average Bonchev–Trinajstić information content (AvgIpc) is 2.68. The first-order chi connectivity index (χ1) is 7.15. The Morgan fingerprint density at radius 2 is 2.33 bits per heavy atom. The van der Waals surface area contributed by atoms with Crippen LogP contribution >= 0.6 is 0 Å². The van der Waals surface area contributed by atoms with E-state index >= 15 is 0 Å². The van der Waals surface area contributed by atoms with Crippen LogP contribution in [0.4, 0.5) is 8.78 Å². The highest BCUT2D eigenvalue weighted by atomic mass is 19.3. The normalized spacial score (nSPS) is 10.7. The lowest BCUT2D eigenvalue weighted by molar-refractivity contribution is 0.0505. The number of nitrogens with zero attached hydrogens (tertiary/aromatic N) is 1. The molecule has 0 spiro atoms. The van der Waals surface area contributed by atoms with Gasteiger partial charge >= 0.3 is 0 Å². The van der Waals surface area contributed by atoms with Gasteiger partial charge in [0.05, 0.1) is 13.2 Å². The van der Waals surface area contributed by atoms with Crippen molar-refractivity contribution in [2.24, 2.45) is 0 Å². The third-order valence-electron chi connectivity index (χ3n) is 1.84. The minimum atomic E-state index is -2.60. The van der Waals surface area contributed by atoms with Gasteiger partial charge in [0.2, 0.25) is 0 Å². The molecule has 1 aromatic heterocycles. The molecule has 0 atom stereocenters. The molecule has 0 saturated carbocycles. The van der Waals surface area contributed by atoms with E-state index in [9.17, 15) is 13.6 Å². The number of carbonyl (C=O) groups excluding carboxylic acids is 1. The SMILES string of the molecule is O=C(c1ccc[nH]1)N(CCO)CC(F)F. The van der Waals surface area contributed by atoms with Crippen LogP contribution in [0.3, 0.4) is 0 Å². The highest BCUT2D eigenvalue weighted by molar-refractivity contribution is 5.92. The highest BCUT2D eigenvalue weighted by Gasteiger charge is 2.19. The van der Waals surface area contributed by atoms with Crippen molar-refractivity contribution in [1.82, 2.24) is 9.88 Å². The maximum Gasteiger partial charge on any atom is 0.270 e. The van der Waals surface area contributed by atoms with Crippen LogP contribution in [-0.4, -0.2) is 47.0 Å².